The fourth-order valence-electron chi connectivity index (χ4n) is 2.56. The lowest BCUT2D eigenvalue weighted by Gasteiger charge is -2.34. The molecule has 1 aromatic rings. The summed E-state index contributed by atoms with van der Waals surface area (Å²) in [7, 11) is 0. The lowest BCUT2D eigenvalue weighted by molar-refractivity contribution is 0.162. The standard InChI is InChI=1S/C14H19BrF2N2/c1-2-19(10-4-3-7-18-8-10)9-11-13(16)6-5-12(15)14(11)17/h5-6,10,18H,2-4,7-9H2,1H3. The summed E-state index contributed by atoms with van der Waals surface area (Å²) in [6, 6.07) is 3.08. The Morgan fingerprint density at radius 2 is 2.21 bits per heavy atom. The Bertz CT molecular complexity index is 434. The minimum absolute atomic E-state index is 0.154. The molecule has 1 aliphatic rings. The summed E-state index contributed by atoms with van der Waals surface area (Å²) in [5, 5.41) is 3.34. The number of nitrogens with zero attached hydrogens (tertiary/aromatic N) is 1. The number of nitrogens with one attached hydrogen (secondary N) is 1. The third-order valence-electron chi connectivity index (χ3n) is 3.69. The first-order valence-electron chi connectivity index (χ1n) is 6.70. The molecule has 1 aromatic carbocycles. The van der Waals surface area contributed by atoms with Gasteiger partial charge in [-0.05, 0) is 54.0 Å². The van der Waals surface area contributed by atoms with Gasteiger partial charge in [-0.1, -0.05) is 6.92 Å². The number of halogens is 3. The molecule has 2 rings (SSSR count). The van der Waals surface area contributed by atoms with Crippen LogP contribution in [-0.4, -0.2) is 30.6 Å². The highest BCUT2D eigenvalue weighted by molar-refractivity contribution is 9.10. The summed E-state index contributed by atoms with van der Waals surface area (Å²) >= 11 is 3.12. The van der Waals surface area contributed by atoms with Gasteiger partial charge in [-0.2, -0.15) is 0 Å². The lowest BCUT2D eigenvalue weighted by atomic mass is 10.0. The van der Waals surface area contributed by atoms with Gasteiger partial charge < -0.3 is 5.32 Å². The molecule has 0 amide bonds. The minimum atomic E-state index is -0.484. The molecule has 5 heteroatoms. The van der Waals surface area contributed by atoms with Crippen molar-refractivity contribution < 1.29 is 8.78 Å². The predicted molar refractivity (Wildman–Crippen MR) is 76.0 cm³/mol. The number of hydrogen-bond donors (Lipinski definition) is 1. The molecular weight excluding hydrogens is 314 g/mol. The van der Waals surface area contributed by atoms with Crippen molar-refractivity contribution in [2.45, 2.75) is 32.4 Å². The van der Waals surface area contributed by atoms with Crippen molar-refractivity contribution in [1.29, 1.82) is 0 Å². The summed E-state index contributed by atoms with van der Waals surface area (Å²) in [5.74, 6) is -0.954. The second-order valence-electron chi connectivity index (χ2n) is 4.89. The molecular formula is C14H19BrF2N2. The van der Waals surface area contributed by atoms with Gasteiger partial charge in [-0.25, -0.2) is 8.78 Å². The number of piperidine rings is 1. The average molecular weight is 333 g/mol. The number of rotatable bonds is 4. The third-order valence-corrected chi connectivity index (χ3v) is 4.31. The molecule has 0 saturated carbocycles. The third kappa shape index (κ3) is 3.52. The van der Waals surface area contributed by atoms with Crippen molar-refractivity contribution >= 4 is 15.9 Å². The van der Waals surface area contributed by atoms with E-state index in [4.69, 9.17) is 0 Å². The topological polar surface area (TPSA) is 15.3 Å². The van der Waals surface area contributed by atoms with Crippen LogP contribution in [0.2, 0.25) is 0 Å². The van der Waals surface area contributed by atoms with E-state index in [-0.39, 0.29) is 5.56 Å². The van der Waals surface area contributed by atoms with Gasteiger partial charge in [0.2, 0.25) is 0 Å². The quantitative estimate of drug-likeness (QED) is 0.851. The van der Waals surface area contributed by atoms with Crippen molar-refractivity contribution in [1.82, 2.24) is 10.2 Å². The summed E-state index contributed by atoms with van der Waals surface area (Å²) in [5.41, 5.74) is 0.154. The van der Waals surface area contributed by atoms with Gasteiger partial charge in [0.15, 0.2) is 0 Å². The van der Waals surface area contributed by atoms with E-state index in [1.54, 1.807) is 0 Å². The van der Waals surface area contributed by atoms with Crippen LogP contribution >= 0.6 is 15.9 Å². The highest BCUT2D eigenvalue weighted by atomic mass is 79.9. The number of benzene rings is 1. The molecule has 1 heterocycles. The summed E-state index contributed by atoms with van der Waals surface area (Å²) < 4.78 is 28.1. The molecule has 1 saturated heterocycles. The van der Waals surface area contributed by atoms with E-state index in [1.165, 1.54) is 12.1 Å². The van der Waals surface area contributed by atoms with E-state index in [0.717, 1.165) is 32.5 Å². The molecule has 0 bridgehead atoms. The normalized spacial score (nSPS) is 19.9. The Hall–Kier alpha value is -0.520. The fraction of sp³-hybridized carbons (Fsp3) is 0.571. The maximum absolute atomic E-state index is 14.0. The predicted octanol–water partition coefficient (Wildman–Crippen LogP) is 3.30. The van der Waals surface area contributed by atoms with Crippen LogP contribution in [0.15, 0.2) is 16.6 Å². The molecule has 19 heavy (non-hydrogen) atoms. The Labute approximate surface area is 121 Å². The molecule has 1 unspecified atom stereocenters. The minimum Gasteiger partial charge on any atom is -0.315 e. The summed E-state index contributed by atoms with van der Waals surface area (Å²) in [6.07, 6.45) is 2.20. The van der Waals surface area contributed by atoms with Crippen LogP contribution in [0.5, 0.6) is 0 Å². The van der Waals surface area contributed by atoms with Gasteiger partial charge in [0.25, 0.3) is 0 Å². The van der Waals surface area contributed by atoms with Crippen LogP contribution < -0.4 is 5.32 Å². The van der Waals surface area contributed by atoms with Gasteiger partial charge in [-0.3, -0.25) is 4.90 Å². The van der Waals surface area contributed by atoms with Gasteiger partial charge >= 0.3 is 0 Å². The first-order chi connectivity index (χ1) is 9.13. The molecule has 1 N–H and O–H groups in total. The largest absolute Gasteiger partial charge is 0.315 e. The molecule has 2 nitrogen and oxygen atoms in total. The smallest absolute Gasteiger partial charge is 0.144 e. The SMILES string of the molecule is CCN(Cc1c(F)ccc(Br)c1F)C1CCCNC1. The van der Waals surface area contributed by atoms with Gasteiger partial charge in [-0.15, -0.1) is 0 Å². The Morgan fingerprint density at radius 3 is 2.84 bits per heavy atom. The number of likely N-dealkylation sites (N-methyl/N-ethyl adjacent to an activating group) is 1. The Balaban J connectivity index is 2.15. The molecule has 0 radical (unpaired) electrons. The van der Waals surface area contributed by atoms with Crippen LogP contribution in [0.25, 0.3) is 0 Å². The van der Waals surface area contributed by atoms with Crippen molar-refractivity contribution in [2.24, 2.45) is 0 Å². The molecule has 0 aliphatic carbocycles. The van der Waals surface area contributed by atoms with Crippen LogP contribution in [-0.2, 0) is 6.54 Å². The van der Waals surface area contributed by atoms with E-state index in [9.17, 15) is 8.78 Å². The molecule has 1 fully saturated rings. The fourth-order valence-corrected chi connectivity index (χ4v) is 2.93. The maximum Gasteiger partial charge on any atom is 0.144 e. The zero-order chi connectivity index (χ0) is 13.8. The second-order valence-corrected chi connectivity index (χ2v) is 5.74. The molecule has 106 valence electrons. The van der Waals surface area contributed by atoms with Gasteiger partial charge in [0, 0.05) is 24.7 Å². The monoisotopic (exact) mass is 332 g/mol. The van der Waals surface area contributed by atoms with E-state index in [0.29, 0.717) is 17.1 Å². The first-order valence-corrected chi connectivity index (χ1v) is 7.50. The van der Waals surface area contributed by atoms with E-state index < -0.39 is 11.6 Å². The van der Waals surface area contributed by atoms with Crippen molar-refractivity contribution in [3.05, 3.63) is 33.8 Å². The van der Waals surface area contributed by atoms with Crippen LogP contribution in [0.3, 0.4) is 0 Å². The maximum atomic E-state index is 14.0. The summed E-state index contributed by atoms with van der Waals surface area (Å²) in [4.78, 5) is 2.14. The van der Waals surface area contributed by atoms with Crippen molar-refractivity contribution in [3.8, 4) is 0 Å². The number of hydrogen-bond acceptors (Lipinski definition) is 2. The van der Waals surface area contributed by atoms with Gasteiger partial charge in [0.1, 0.15) is 11.6 Å². The molecule has 1 aliphatic heterocycles. The van der Waals surface area contributed by atoms with Crippen molar-refractivity contribution in [2.75, 3.05) is 19.6 Å². The highest BCUT2D eigenvalue weighted by Crippen LogP contribution is 2.24. The lowest BCUT2D eigenvalue weighted by Crippen LogP contribution is -2.45. The van der Waals surface area contributed by atoms with E-state index in [1.807, 2.05) is 6.92 Å². The molecule has 0 aromatic heterocycles. The Morgan fingerprint density at radius 1 is 1.42 bits per heavy atom. The second kappa shape index (κ2) is 6.77. The molecule has 1 atom stereocenters. The molecule has 0 spiro atoms. The summed E-state index contributed by atoms with van der Waals surface area (Å²) in [6.45, 7) is 5.07. The van der Waals surface area contributed by atoms with E-state index >= 15 is 0 Å². The van der Waals surface area contributed by atoms with Crippen molar-refractivity contribution in [3.63, 3.8) is 0 Å². The van der Waals surface area contributed by atoms with E-state index in [2.05, 4.69) is 26.1 Å². The van der Waals surface area contributed by atoms with Crippen LogP contribution in [0.1, 0.15) is 25.3 Å². The van der Waals surface area contributed by atoms with Crippen LogP contribution in [0.4, 0.5) is 8.78 Å². The first kappa shape index (κ1) is 14.9. The highest BCUT2D eigenvalue weighted by Gasteiger charge is 2.22. The zero-order valence-corrected chi connectivity index (χ0v) is 12.6. The Kier molecular flexibility index (Phi) is 5.30. The zero-order valence-electron chi connectivity index (χ0n) is 11.1. The average Bonchev–Trinajstić information content (AvgIpc) is 2.44. The van der Waals surface area contributed by atoms with Crippen LogP contribution in [0, 0.1) is 11.6 Å². The van der Waals surface area contributed by atoms with Gasteiger partial charge in [0.05, 0.1) is 4.47 Å².